The largest absolute Gasteiger partial charge is 0.337 e. The van der Waals surface area contributed by atoms with Crippen LogP contribution < -0.4 is 5.32 Å². The van der Waals surface area contributed by atoms with E-state index in [0.29, 0.717) is 17.3 Å². The molecule has 1 aromatic carbocycles. The Kier molecular flexibility index (Phi) is 2.69. The van der Waals surface area contributed by atoms with Crippen LogP contribution in [0.3, 0.4) is 0 Å². The number of carbonyl (C=O) groups excluding carboxylic acids is 1. The summed E-state index contributed by atoms with van der Waals surface area (Å²) in [5.41, 5.74) is 4.20. The molecule has 1 atom stereocenters. The summed E-state index contributed by atoms with van der Waals surface area (Å²) in [6, 6.07) is 3.90. The molecule has 1 amide bonds. The number of nitrogens with zero attached hydrogens (tertiary/aromatic N) is 4. The van der Waals surface area contributed by atoms with Crippen LogP contribution in [-0.4, -0.2) is 31.1 Å². The second-order valence-corrected chi connectivity index (χ2v) is 5.38. The third-order valence-corrected chi connectivity index (χ3v) is 3.92. The number of nitrogens with one attached hydrogen (secondary N) is 2. The lowest BCUT2D eigenvalue weighted by Gasteiger charge is -2.03. The summed E-state index contributed by atoms with van der Waals surface area (Å²) in [6.07, 6.45) is 2.36. The number of carbonyl (C=O) groups is 1. The minimum atomic E-state index is -0.0888. The predicted octanol–water partition coefficient (Wildman–Crippen LogP) is 2.17. The van der Waals surface area contributed by atoms with Crippen LogP contribution in [0.2, 0.25) is 0 Å². The number of amides is 1. The fourth-order valence-corrected chi connectivity index (χ4v) is 2.86. The number of hydrogen-bond donors (Lipinski definition) is 2. The van der Waals surface area contributed by atoms with Gasteiger partial charge in [-0.3, -0.25) is 4.79 Å². The molecule has 0 spiro atoms. The van der Waals surface area contributed by atoms with Gasteiger partial charge >= 0.3 is 0 Å². The van der Waals surface area contributed by atoms with Gasteiger partial charge in [0.05, 0.1) is 23.1 Å². The van der Waals surface area contributed by atoms with Crippen molar-refractivity contribution in [2.75, 3.05) is 5.32 Å². The Labute approximate surface area is 126 Å². The zero-order chi connectivity index (χ0) is 15.3. The van der Waals surface area contributed by atoms with Crippen LogP contribution in [0.1, 0.15) is 30.7 Å². The Bertz CT molecular complexity index is 900. The first-order chi connectivity index (χ1) is 10.7. The fourth-order valence-electron chi connectivity index (χ4n) is 2.86. The highest BCUT2D eigenvalue weighted by Gasteiger charge is 2.29. The fraction of sp³-hybridized carbons (Fsp3) is 0.267. The molecule has 7 heteroatoms. The number of rotatable bonds is 2. The second kappa shape index (κ2) is 4.59. The maximum atomic E-state index is 11.9. The molecule has 22 heavy (non-hydrogen) atoms. The van der Waals surface area contributed by atoms with Crippen molar-refractivity contribution in [3.05, 3.63) is 29.7 Å². The molecule has 0 bridgehead atoms. The van der Waals surface area contributed by atoms with Crippen LogP contribution in [0.15, 0.2) is 18.3 Å². The monoisotopic (exact) mass is 294 g/mol. The molecule has 4 rings (SSSR count). The van der Waals surface area contributed by atoms with E-state index >= 15 is 0 Å². The van der Waals surface area contributed by atoms with Gasteiger partial charge < -0.3 is 10.3 Å². The van der Waals surface area contributed by atoms with Gasteiger partial charge in [-0.25, -0.2) is 9.97 Å². The normalized spacial score (nSPS) is 16.8. The quantitative estimate of drug-likeness (QED) is 0.755. The Morgan fingerprint density at radius 3 is 2.91 bits per heavy atom. The lowest BCUT2D eigenvalue weighted by atomic mass is 9.98. The van der Waals surface area contributed by atoms with Gasteiger partial charge in [0.1, 0.15) is 11.5 Å². The minimum Gasteiger partial charge on any atom is -0.337 e. The molecule has 7 nitrogen and oxygen atoms in total. The molecule has 0 fully saturated rings. The summed E-state index contributed by atoms with van der Waals surface area (Å²) in [7, 11) is 0. The van der Waals surface area contributed by atoms with E-state index in [1.807, 2.05) is 19.1 Å². The van der Waals surface area contributed by atoms with Crippen LogP contribution in [0, 0.1) is 6.92 Å². The summed E-state index contributed by atoms with van der Waals surface area (Å²) in [5.74, 6) is 1.21. The number of aromatic nitrogens is 5. The zero-order valence-electron chi connectivity index (χ0n) is 12.2. The van der Waals surface area contributed by atoms with Crippen molar-refractivity contribution in [3.8, 4) is 11.5 Å². The summed E-state index contributed by atoms with van der Waals surface area (Å²) < 4.78 is 0. The third kappa shape index (κ3) is 1.86. The van der Waals surface area contributed by atoms with Crippen molar-refractivity contribution in [1.29, 1.82) is 0 Å². The molecule has 1 aliphatic rings. The van der Waals surface area contributed by atoms with E-state index in [0.717, 1.165) is 28.7 Å². The summed E-state index contributed by atoms with van der Waals surface area (Å²) in [5, 5.41) is 10.7. The van der Waals surface area contributed by atoms with E-state index in [9.17, 15) is 4.79 Å². The molecular formula is C15H14N6O. The van der Waals surface area contributed by atoms with Crippen molar-refractivity contribution in [2.24, 2.45) is 0 Å². The molecule has 0 saturated carbocycles. The average Bonchev–Trinajstić information content (AvgIpc) is 3.03. The van der Waals surface area contributed by atoms with Gasteiger partial charge in [0.2, 0.25) is 5.91 Å². The van der Waals surface area contributed by atoms with Crippen molar-refractivity contribution in [2.45, 2.75) is 26.2 Å². The molecule has 3 heterocycles. The van der Waals surface area contributed by atoms with E-state index < -0.39 is 0 Å². The number of benzene rings is 1. The molecule has 0 saturated heterocycles. The highest BCUT2D eigenvalue weighted by Crippen LogP contribution is 2.37. The number of fused-ring (bicyclic) bond motifs is 2. The van der Waals surface area contributed by atoms with Gasteiger partial charge in [0.25, 0.3) is 0 Å². The van der Waals surface area contributed by atoms with Gasteiger partial charge in [-0.2, -0.15) is 5.10 Å². The Balaban J connectivity index is 1.85. The molecule has 3 aromatic rings. The number of aromatic amines is 1. The number of aryl methyl sites for hydroxylation is 1. The van der Waals surface area contributed by atoms with Crippen LogP contribution in [-0.2, 0) is 4.79 Å². The van der Waals surface area contributed by atoms with Crippen LogP contribution in [0.5, 0.6) is 0 Å². The summed E-state index contributed by atoms with van der Waals surface area (Å²) in [4.78, 5) is 24.0. The molecule has 0 radical (unpaired) electrons. The van der Waals surface area contributed by atoms with E-state index in [1.54, 1.807) is 13.1 Å². The van der Waals surface area contributed by atoms with E-state index in [4.69, 9.17) is 0 Å². The first kappa shape index (κ1) is 12.9. The van der Waals surface area contributed by atoms with Crippen LogP contribution in [0.25, 0.3) is 22.6 Å². The third-order valence-electron chi connectivity index (χ3n) is 3.92. The number of H-pyrrole nitrogens is 1. The lowest BCUT2D eigenvalue weighted by molar-refractivity contribution is -0.117. The van der Waals surface area contributed by atoms with Gasteiger partial charge in [-0.05, 0) is 31.0 Å². The minimum absolute atomic E-state index is 0.0565. The molecule has 0 aliphatic carbocycles. The Morgan fingerprint density at radius 1 is 1.27 bits per heavy atom. The maximum absolute atomic E-state index is 11.9. The van der Waals surface area contributed by atoms with Crippen molar-refractivity contribution < 1.29 is 4.79 Å². The van der Waals surface area contributed by atoms with E-state index in [1.165, 1.54) is 0 Å². The highest BCUT2D eigenvalue weighted by molar-refractivity contribution is 6.05. The second-order valence-electron chi connectivity index (χ2n) is 5.38. The van der Waals surface area contributed by atoms with Gasteiger partial charge in [0.15, 0.2) is 5.82 Å². The smallest absolute Gasteiger partial charge is 0.231 e. The van der Waals surface area contributed by atoms with Gasteiger partial charge in [-0.15, -0.1) is 5.10 Å². The number of hydrogen-bond acceptors (Lipinski definition) is 5. The average molecular weight is 294 g/mol. The van der Waals surface area contributed by atoms with E-state index in [-0.39, 0.29) is 11.8 Å². The van der Waals surface area contributed by atoms with Crippen LogP contribution in [0.4, 0.5) is 5.69 Å². The number of imidazole rings is 1. The molecule has 2 aromatic heterocycles. The predicted molar refractivity (Wildman–Crippen MR) is 81.3 cm³/mol. The first-order valence-electron chi connectivity index (χ1n) is 7.17. The van der Waals surface area contributed by atoms with Crippen molar-refractivity contribution in [3.63, 3.8) is 0 Å². The maximum Gasteiger partial charge on any atom is 0.231 e. The molecule has 110 valence electrons. The zero-order valence-corrected chi connectivity index (χ0v) is 12.2. The van der Waals surface area contributed by atoms with Crippen molar-refractivity contribution in [1.82, 2.24) is 25.1 Å². The Morgan fingerprint density at radius 2 is 2.14 bits per heavy atom. The summed E-state index contributed by atoms with van der Waals surface area (Å²) in [6.45, 7) is 3.80. The molecule has 1 unspecified atom stereocenters. The van der Waals surface area contributed by atoms with Gasteiger partial charge in [-0.1, -0.05) is 6.92 Å². The molecular weight excluding hydrogens is 280 g/mol. The Hall–Kier alpha value is -2.83. The summed E-state index contributed by atoms with van der Waals surface area (Å²) >= 11 is 0. The lowest BCUT2D eigenvalue weighted by Crippen LogP contribution is -2.10. The molecule has 2 N–H and O–H groups in total. The highest BCUT2D eigenvalue weighted by atomic mass is 16.2. The first-order valence-corrected chi connectivity index (χ1v) is 7.17. The van der Waals surface area contributed by atoms with Gasteiger partial charge in [0, 0.05) is 5.69 Å². The standard InChI is InChI=1S/C15H14N6O/c1-3-8-9-4-11-12(5-10(9)20-15(8)22)19-14(18-11)13-6-16-21-7(2)17-13/h4-6,8H,3H2,1-2H3,(H,18,19)(H,20,22). The van der Waals surface area contributed by atoms with Crippen LogP contribution >= 0.6 is 0 Å². The molecule has 1 aliphatic heterocycles. The topological polar surface area (TPSA) is 96.5 Å². The van der Waals surface area contributed by atoms with Crippen molar-refractivity contribution >= 4 is 22.6 Å². The van der Waals surface area contributed by atoms with E-state index in [2.05, 4.69) is 30.5 Å². The number of anilines is 1. The SMILES string of the molecule is CCC1C(=O)Nc2cc3nc(-c4cnnc(C)n4)[nH]c3cc21.